The number of ether oxygens (including phenoxy) is 2. The van der Waals surface area contributed by atoms with Gasteiger partial charge in [-0.05, 0) is 80.8 Å². The summed E-state index contributed by atoms with van der Waals surface area (Å²) < 4.78 is 25.5. The Hall–Kier alpha value is -3.19. The van der Waals surface area contributed by atoms with E-state index in [4.69, 9.17) is 18.4 Å². The fourth-order valence-electron chi connectivity index (χ4n) is 7.77. The van der Waals surface area contributed by atoms with Gasteiger partial charge in [-0.15, -0.1) is 0 Å². The van der Waals surface area contributed by atoms with Gasteiger partial charge in [-0.1, -0.05) is 47.5 Å². The van der Waals surface area contributed by atoms with Crippen LogP contribution >= 0.6 is 0 Å². The molecule has 0 unspecified atom stereocenters. The predicted octanol–water partition coefficient (Wildman–Crippen LogP) is 6.91. The number of Topliss-reactive ketones (excluding diaryl/α,β-unsaturated/α-hetero) is 2. The monoisotopic (exact) mass is 711 g/mol. The number of aromatic nitrogens is 1. The van der Waals surface area contributed by atoms with Gasteiger partial charge in [0.2, 0.25) is 5.78 Å². The van der Waals surface area contributed by atoms with Crippen molar-refractivity contribution in [2.75, 3.05) is 52.9 Å². The zero-order valence-corrected chi connectivity index (χ0v) is 32.9. The van der Waals surface area contributed by atoms with Crippen LogP contribution in [0.25, 0.3) is 0 Å². The first-order valence-corrected chi connectivity index (χ1v) is 20.9. The average molecular weight is 712 g/mol. The van der Waals surface area contributed by atoms with E-state index in [9.17, 15) is 10.2 Å². The standard InChI is InChI=1S/C38H57N3O8Si/c1-12-14-18-46-26-17-16-25(40(6)7)23-20-37(22-42)21-24-30(41(8)9)32-28(35(39-48-32)47-19-15-13-2)33(44)38(24,49-50(10,11)36(3,4)5)34(45)29(37)31(43)27(23)26/h16-17,24,30,42,45H,12-15,18-22H2,1-11H3/t24-,30-,37-,38+/m0/s1. The number of carbonyl (C=O) groups is 2. The number of hydrogen-bond donors (Lipinski definition) is 2. The molecule has 4 atom stereocenters. The molecule has 2 aromatic rings. The summed E-state index contributed by atoms with van der Waals surface area (Å²) in [4.78, 5) is 34.4. The smallest absolute Gasteiger partial charge is 0.265 e. The quantitative estimate of drug-likeness (QED) is 0.166. The minimum absolute atomic E-state index is 0.0120. The third-order valence-corrected chi connectivity index (χ3v) is 15.9. The van der Waals surface area contributed by atoms with Crippen molar-refractivity contribution in [1.82, 2.24) is 10.1 Å². The van der Waals surface area contributed by atoms with Crippen LogP contribution < -0.4 is 14.4 Å². The molecule has 50 heavy (non-hydrogen) atoms. The maximum absolute atomic E-state index is 15.4. The maximum atomic E-state index is 15.4. The highest BCUT2D eigenvalue weighted by molar-refractivity contribution is 6.74. The van der Waals surface area contributed by atoms with Gasteiger partial charge >= 0.3 is 0 Å². The predicted molar refractivity (Wildman–Crippen MR) is 195 cm³/mol. The fourth-order valence-corrected chi connectivity index (χ4v) is 9.22. The Morgan fingerprint density at radius 3 is 2.22 bits per heavy atom. The van der Waals surface area contributed by atoms with Crippen molar-refractivity contribution in [3.8, 4) is 11.6 Å². The minimum atomic E-state index is -2.88. The van der Waals surface area contributed by atoms with Gasteiger partial charge in [0.25, 0.3) is 5.88 Å². The number of ketones is 2. The average Bonchev–Trinajstić information content (AvgIpc) is 3.44. The molecule has 3 aliphatic rings. The van der Waals surface area contributed by atoms with Crippen molar-refractivity contribution in [3.63, 3.8) is 0 Å². The lowest BCUT2D eigenvalue weighted by Crippen LogP contribution is -2.66. The first kappa shape index (κ1) is 38.0. The van der Waals surface area contributed by atoms with Crippen LogP contribution in [0.15, 0.2) is 28.0 Å². The molecule has 0 fully saturated rings. The number of rotatable bonds is 13. The largest absolute Gasteiger partial charge is 0.508 e. The molecule has 1 aromatic carbocycles. The summed E-state index contributed by atoms with van der Waals surface area (Å²) in [5.41, 5.74) is -1.14. The Kier molecular flexibility index (Phi) is 10.5. The summed E-state index contributed by atoms with van der Waals surface area (Å²) in [5.74, 6) is -1.38. The Balaban J connectivity index is 1.85. The molecule has 0 aliphatic heterocycles. The van der Waals surface area contributed by atoms with Crippen molar-refractivity contribution >= 4 is 25.6 Å². The van der Waals surface area contributed by atoms with E-state index in [1.54, 1.807) is 6.07 Å². The third-order valence-electron chi connectivity index (χ3n) is 11.4. The molecule has 0 saturated heterocycles. The Morgan fingerprint density at radius 2 is 1.66 bits per heavy atom. The molecular weight excluding hydrogens is 655 g/mol. The second kappa shape index (κ2) is 13.7. The van der Waals surface area contributed by atoms with E-state index >= 15 is 9.59 Å². The number of fused-ring (bicyclic) bond motifs is 4. The molecule has 12 heteroatoms. The highest BCUT2D eigenvalue weighted by Crippen LogP contribution is 2.63. The van der Waals surface area contributed by atoms with Gasteiger partial charge in [0.05, 0.1) is 37.0 Å². The number of hydrogen-bond acceptors (Lipinski definition) is 11. The van der Waals surface area contributed by atoms with Crippen LogP contribution in [0.4, 0.5) is 5.69 Å². The molecule has 5 rings (SSSR count). The Bertz CT molecular complexity index is 1660. The molecule has 3 aliphatic carbocycles. The zero-order valence-electron chi connectivity index (χ0n) is 31.9. The normalized spacial score (nSPS) is 24.9. The SMILES string of the molecule is CCCCOc1ccc(N(C)C)c2c1C(=O)C1=C(O)[C@]3(O[Si](C)(C)C(C)(C)C)C(=O)c4c(OCCCC)noc4[C@@H](N(C)C)[C@@H]3C[C@]1(CO)C2. The van der Waals surface area contributed by atoms with Crippen LogP contribution in [0.5, 0.6) is 11.6 Å². The topological polar surface area (TPSA) is 135 Å². The number of nitrogens with zero attached hydrogens (tertiary/aromatic N) is 3. The fraction of sp³-hybridized carbons (Fsp3) is 0.658. The first-order chi connectivity index (χ1) is 23.4. The molecule has 11 nitrogen and oxygen atoms in total. The second-order valence-corrected chi connectivity index (χ2v) is 21.0. The van der Waals surface area contributed by atoms with Crippen LogP contribution in [0.2, 0.25) is 18.1 Å². The van der Waals surface area contributed by atoms with E-state index in [0.29, 0.717) is 30.3 Å². The summed E-state index contributed by atoms with van der Waals surface area (Å²) in [6, 6.07) is 3.13. The van der Waals surface area contributed by atoms with Gasteiger partial charge in [0, 0.05) is 31.1 Å². The van der Waals surface area contributed by atoms with Crippen molar-refractivity contribution in [2.24, 2.45) is 11.3 Å². The number of benzene rings is 1. The van der Waals surface area contributed by atoms with Crippen molar-refractivity contribution in [2.45, 2.75) is 103 Å². The molecule has 276 valence electrons. The molecule has 0 bridgehead atoms. The van der Waals surface area contributed by atoms with Gasteiger partial charge < -0.3 is 33.5 Å². The highest BCUT2D eigenvalue weighted by Gasteiger charge is 2.69. The van der Waals surface area contributed by atoms with E-state index in [0.717, 1.165) is 36.9 Å². The number of anilines is 1. The highest BCUT2D eigenvalue weighted by atomic mass is 28.4. The summed E-state index contributed by atoms with van der Waals surface area (Å²) in [6.07, 6.45) is 3.77. The molecular formula is C38H57N3O8Si. The second-order valence-electron chi connectivity index (χ2n) is 16.3. The first-order valence-electron chi connectivity index (χ1n) is 18.0. The Labute approximate surface area is 298 Å². The summed E-state index contributed by atoms with van der Waals surface area (Å²) >= 11 is 0. The van der Waals surface area contributed by atoms with Gasteiger partial charge in [0.15, 0.2) is 25.5 Å². The van der Waals surface area contributed by atoms with Crippen molar-refractivity contribution in [3.05, 3.63) is 45.9 Å². The van der Waals surface area contributed by atoms with E-state index in [2.05, 4.69) is 32.9 Å². The van der Waals surface area contributed by atoms with Crippen LogP contribution in [0, 0.1) is 11.3 Å². The van der Waals surface area contributed by atoms with E-state index in [-0.39, 0.29) is 34.9 Å². The number of carbonyl (C=O) groups excluding carboxylic acids is 2. The summed E-state index contributed by atoms with van der Waals surface area (Å²) in [6.45, 7) is 14.7. The minimum Gasteiger partial charge on any atom is -0.508 e. The van der Waals surface area contributed by atoms with Gasteiger partial charge in [-0.25, -0.2) is 0 Å². The summed E-state index contributed by atoms with van der Waals surface area (Å²) in [5, 5.41) is 28.3. The molecule has 0 radical (unpaired) electrons. The summed E-state index contributed by atoms with van der Waals surface area (Å²) in [7, 11) is 4.72. The molecule has 0 spiro atoms. The lowest BCUT2D eigenvalue weighted by Gasteiger charge is -2.57. The van der Waals surface area contributed by atoms with Crippen LogP contribution in [0.1, 0.15) is 105 Å². The van der Waals surface area contributed by atoms with Crippen LogP contribution in [-0.2, 0) is 10.8 Å². The van der Waals surface area contributed by atoms with E-state index in [1.807, 2.05) is 64.1 Å². The molecule has 1 aromatic heterocycles. The molecule has 0 amide bonds. The molecule has 0 saturated carbocycles. The maximum Gasteiger partial charge on any atom is 0.265 e. The van der Waals surface area contributed by atoms with E-state index < -0.39 is 55.2 Å². The lowest BCUT2D eigenvalue weighted by molar-refractivity contribution is -0.0669. The van der Waals surface area contributed by atoms with Gasteiger partial charge in [0.1, 0.15) is 17.1 Å². The zero-order chi connectivity index (χ0) is 37.0. The van der Waals surface area contributed by atoms with Crippen molar-refractivity contribution in [1.29, 1.82) is 0 Å². The lowest BCUT2D eigenvalue weighted by atomic mass is 9.52. The molecule has 1 heterocycles. The van der Waals surface area contributed by atoms with Crippen molar-refractivity contribution < 1.29 is 38.2 Å². The van der Waals surface area contributed by atoms with E-state index in [1.165, 1.54) is 0 Å². The number of unbranched alkanes of at least 4 members (excludes halogenated alkanes) is 2. The van der Waals surface area contributed by atoms with Crippen LogP contribution in [-0.4, -0.2) is 93.8 Å². The Morgan fingerprint density at radius 1 is 1.02 bits per heavy atom. The third kappa shape index (κ3) is 5.89. The van der Waals surface area contributed by atoms with Gasteiger partial charge in [-0.3, -0.25) is 14.5 Å². The van der Waals surface area contributed by atoms with Gasteiger partial charge in [-0.2, -0.15) is 0 Å². The number of aliphatic hydroxyl groups is 2. The number of aliphatic hydroxyl groups excluding tert-OH is 2. The van der Waals surface area contributed by atoms with Crippen LogP contribution in [0.3, 0.4) is 0 Å². The molecule has 2 N–H and O–H groups in total.